The van der Waals surface area contributed by atoms with E-state index in [4.69, 9.17) is 10.8 Å². The molecule has 0 radical (unpaired) electrons. The fourth-order valence-electron chi connectivity index (χ4n) is 1.02. The van der Waals surface area contributed by atoms with Crippen LogP contribution in [0.4, 0.5) is 0 Å². The van der Waals surface area contributed by atoms with Crippen LogP contribution in [0.2, 0.25) is 0 Å². The maximum atomic E-state index is 11.4. The molecular weight excluding hydrogens is 244 g/mol. The number of aliphatic carboxylic acids is 1. The zero-order valence-electron chi connectivity index (χ0n) is 9.93. The third-order valence-electron chi connectivity index (χ3n) is 1.86. The van der Waals surface area contributed by atoms with Crippen LogP contribution in [0.5, 0.6) is 0 Å². The smallest absolute Gasteiger partial charge is 0.326 e. The number of carbonyl (C=O) groups excluding carboxylic acids is 2. The number of thioether (sulfide) groups is 1. The Morgan fingerprint density at radius 3 is 2.35 bits per heavy atom. The standard InChI is InChI=1S/C10H18N2O4S/c1-6(2)17-5-9(14)12-7(10(15)16)3-4-8(11)13/h6-7H,3-5H2,1-2H3,(H2,11,13)(H,12,14)(H,15,16)/t7-/m0/s1. The zero-order valence-corrected chi connectivity index (χ0v) is 10.8. The van der Waals surface area contributed by atoms with Gasteiger partial charge in [0.1, 0.15) is 6.04 Å². The second-order valence-electron chi connectivity index (χ2n) is 3.82. The summed E-state index contributed by atoms with van der Waals surface area (Å²) in [7, 11) is 0. The summed E-state index contributed by atoms with van der Waals surface area (Å²) in [6.45, 7) is 3.89. The third-order valence-corrected chi connectivity index (χ3v) is 2.96. The van der Waals surface area contributed by atoms with Crippen LogP contribution in [0.3, 0.4) is 0 Å². The van der Waals surface area contributed by atoms with E-state index in [2.05, 4.69) is 5.32 Å². The molecule has 17 heavy (non-hydrogen) atoms. The van der Waals surface area contributed by atoms with E-state index in [1.165, 1.54) is 11.8 Å². The molecule has 0 saturated carbocycles. The average molecular weight is 262 g/mol. The number of primary amides is 1. The van der Waals surface area contributed by atoms with Crippen LogP contribution in [0, 0.1) is 0 Å². The van der Waals surface area contributed by atoms with Crippen LogP contribution in [0.15, 0.2) is 0 Å². The van der Waals surface area contributed by atoms with Gasteiger partial charge >= 0.3 is 5.97 Å². The molecule has 0 heterocycles. The van der Waals surface area contributed by atoms with Crippen molar-refractivity contribution in [2.24, 2.45) is 5.73 Å². The van der Waals surface area contributed by atoms with Crippen molar-refractivity contribution in [3.63, 3.8) is 0 Å². The Morgan fingerprint density at radius 2 is 1.94 bits per heavy atom. The Morgan fingerprint density at radius 1 is 1.35 bits per heavy atom. The highest BCUT2D eigenvalue weighted by atomic mass is 32.2. The Bertz CT molecular complexity index is 294. The summed E-state index contributed by atoms with van der Waals surface area (Å²) in [6, 6.07) is -1.05. The molecule has 0 aromatic heterocycles. The van der Waals surface area contributed by atoms with Crippen molar-refractivity contribution in [2.75, 3.05) is 5.75 Å². The van der Waals surface area contributed by atoms with Crippen molar-refractivity contribution >= 4 is 29.5 Å². The molecule has 2 amide bonds. The Kier molecular flexibility index (Phi) is 7.36. The van der Waals surface area contributed by atoms with Crippen LogP contribution in [0.25, 0.3) is 0 Å². The minimum atomic E-state index is -1.16. The lowest BCUT2D eigenvalue weighted by Gasteiger charge is -2.14. The molecule has 6 nitrogen and oxygen atoms in total. The van der Waals surface area contributed by atoms with Gasteiger partial charge in [-0.2, -0.15) is 0 Å². The average Bonchev–Trinajstić information content (AvgIpc) is 2.20. The molecule has 0 saturated heterocycles. The number of carbonyl (C=O) groups is 3. The number of nitrogens with two attached hydrogens (primary N) is 1. The first-order valence-corrected chi connectivity index (χ1v) is 6.30. The summed E-state index contributed by atoms with van der Waals surface area (Å²) in [5.41, 5.74) is 4.92. The fourth-order valence-corrected chi connectivity index (χ4v) is 1.59. The van der Waals surface area contributed by atoms with Gasteiger partial charge in [0.25, 0.3) is 0 Å². The van der Waals surface area contributed by atoms with E-state index in [1.807, 2.05) is 13.8 Å². The summed E-state index contributed by atoms with van der Waals surface area (Å²) in [5, 5.41) is 11.5. The van der Waals surface area contributed by atoms with Gasteiger partial charge in [-0.25, -0.2) is 4.79 Å². The van der Waals surface area contributed by atoms with E-state index in [1.54, 1.807) is 0 Å². The summed E-state index contributed by atoms with van der Waals surface area (Å²) in [4.78, 5) is 32.7. The lowest BCUT2D eigenvalue weighted by molar-refractivity contribution is -0.141. The summed E-state index contributed by atoms with van der Waals surface area (Å²) >= 11 is 1.42. The summed E-state index contributed by atoms with van der Waals surface area (Å²) in [6.07, 6.45) is -0.0443. The van der Waals surface area contributed by atoms with Gasteiger partial charge in [0.2, 0.25) is 11.8 Å². The van der Waals surface area contributed by atoms with E-state index in [9.17, 15) is 14.4 Å². The van der Waals surface area contributed by atoms with E-state index in [-0.39, 0.29) is 24.5 Å². The molecule has 98 valence electrons. The quantitative estimate of drug-likeness (QED) is 0.568. The number of nitrogens with one attached hydrogen (secondary N) is 1. The molecule has 4 N–H and O–H groups in total. The first-order valence-electron chi connectivity index (χ1n) is 5.25. The number of hydrogen-bond acceptors (Lipinski definition) is 4. The third kappa shape index (κ3) is 8.56. The number of carboxylic acid groups (broad SMARTS) is 1. The topological polar surface area (TPSA) is 109 Å². The Labute approximate surface area is 104 Å². The molecule has 0 spiro atoms. The normalized spacial score (nSPS) is 12.2. The minimum Gasteiger partial charge on any atom is -0.480 e. The number of hydrogen-bond donors (Lipinski definition) is 3. The zero-order chi connectivity index (χ0) is 13.4. The highest BCUT2D eigenvalue weighted by Crippen LogP contribution is 2.08. The van der Waals surface area contributed by atoms with E-state index >= 15 is 0 Å². The van der Waals surface area contributed by atoms with Gasteiger partial charge in [-0.15, -0.1) is 11.8 Å². The molecule has 0 aliphatic carbocycles. The maximum Gasteiger partial charge on any atom is 0.326 e. The second-order valence-corrected chi connectivity index (χ2v) is 5.39. The lowest BCUT2D eigenvalue weighted by atomic mass is 10.1. The molecule has 0 rings (SSSR count). The van der Waals surface area contributed by atoms with Gasteiger partial charge in [-0.05, 0) is 11.7 Å². The van der Waals surface area contributed by atoms with E-state index in [0.29, 0.717) is 5.25 Å². The predicted octanol–water partition coefficient (Wildman–Crippen LogP) is -0.0371. The Balaban J connectivity index is 4.11. The van der Waals surface area contributed by atoms with Crippen LogP contribution in [-0.4, -0.2) is 39.9 Å². The molecule has 1 atom stereocenters. The number of amides is 2. The van der Waals surface area contributed by atoms with Crippen molar-refractivity contribution in [2.45, 2.75) is 38.0 Å². The van der Waals surface area contributed by atoms with Crippen molar-refractivity contribution < 1.29 is 19.5 Å². The fraction of sp³-hybridized carbons (Fsp3) is 0.700. The van der Waals surface area contributed by atoms with Gasteiger partial charge in [0.05, 0.1) is 5.75 Å². The van der Waals surface area contributed by atoms with E-state index in [0.717, 1.165) is 0 Å². The van der Waals surface area contributed by atoms with Crippen LogP contribution < -0.4 is 11.1 Å². The predicted molar refractivity (Wildman–Crippen MR) is 65.6 cm³/mol. The molecule has 0 bridgehead atoms. The van der Waals surface area contributed by atoms with Gasteiger partial charge in [-0.1, -0.05) is 13.8 Å². The number of carboxylic acids is 1. The second kappa shape index (κ2) is 7.94. The van der Waals surface area contributed by atoms with Crippen molar-refractivity contribution in [1.29, 1.82) is 0 Å². The molecular formula is C10H18N2O4S. The Hall–Kier alpha value is -1.24. The van der Waals surface area contributed by atoms with Crippen LogP contribution in [-0.2, 0) is 14.4 Å². The maximum absolute atomic E-state index is 11.4. The monoisotopic (exact) mass is 262 g/mol. The first-order chi connectivity index (χ1) is 7.82. The molecule has 0 aromatic carbocycles. The summed E-state index contributed by atoms with van der Waals surface area (Å²) in [5.74, 6) is -1.88. The van der Waals surface area contributed by atoms with Gasteiger partial charge < -0.3 is 16.2 Å². The summed E-state index contributed by atoms with van der Waals surface area (Å²) < 4.78 is 0. The van der Waals surface area contributed by atoms with Gasteiger partial charge in [0.15, 0.2) is 0 Å². The van der Waals surface area contributed by atoms with Crippen molar-refractivity contribution in [1.82, 2.24) is 5.32 Å². The van der Waals surface area contributed by atoms with E-state index < -0.39 is 17.9 Å². The molecule has 0 fully saturated rings. The highest BCUT2D eigenvalue weighted by molar-refractivity contribution is 8.00. The van der Waals surface area contributed by atoms with Crippen LogP contribution >= 0.6 is 11.8 Å². The molecule has 0 aliphatic heterocycles. The molecule has 0 aromatic rings. The lowest BCUT2D eigenvalue weighted by Crippen LogP contribution is -2.42. The SMILES string of the molecule is CC(C)SCC(=O)N[C@@H](CCC(N)=O)C(=O)O. The first kappa shape index (κ1) is 15.8. The molecule has 0 unspecified atom stereocenters. The van der Waals surface area contributed by atoms with Crippen LogP contribution in [0.1, 0.15) is 26.7 Å². The van der Waals surface area contributed by atoms with Crippen molar-refractivity contribution in [3.05, 3.63) is 0 Å². The van der Waals surface area contributed by atoms with Gasteiger partial charge in [0, 0.05) is 6.42 Å². The van der Waals surface area contributed by atoms with Crippen molar-refractivity contribution in [3.8, 4) is 0 Å². The molecule has 0 aliphatic rings. The number of rotatable bonds is 8. The highest BCUT2D eigenvalue weighted by Gasteiger charge is 2.20. The molecule has 7 heteroatoms. The largest absolute Gasteiger partial charge is 0.480 e. The van der Waals surface area contributed by atoms with Gasteiger partial charge in [-0.3, -0.25) is 9.59 Å². The minimum absolute atomic E-state index is 0.0166.